The van der Waals surface area contributed by atoms with Crippen LogP contribution in [0.1, 0.15) is 13.3 Å². The minimum atomic E-state index is -0.680. The molecule has 0 fully saturated rings. The maximum Gasteiger partial charge on any atom is 0.344 e. The van der Waals surface area contributed by atoms with E-state index in [9.17, 15) is 9.59 Å². The Morgan fingerprint density at radius 1 is 1.18 bits per heavy atom. The van der Waals surface area contributed by atoms with Crippen LogP contribution >= 0.6 is 0 Å². The van der Waals surface area contributed by atoms with Gasteiger partial charge in [0.15, 0.2) is 0 Å². The van der Waals surface area contributed by atoms with E-state index in [0.717, 1.165) is 6.42 Å². The molecule has 1 unspecified atom stereocenters. The lowest BCUT2D eigenvalue weighted by atomic mass is 9.82. The Kier molecular flexibility index (Phi) is 4.26. The van der Waals surface area contributed by atoms with Crippen molar-refractivity contribution in [3.63, 3.8) is 0 Å². The average Bonchev–Trinajstić information content (AvgIpc) is 2.35. The molecule has 1 aliphatic rings. The van der Waals surface area contributed by atoms with E-state index >= 15 is 0 Å². The predicted molar refractivity (Wildman–Crippen MR) is 63.1 cm³/mol. The summed E-state index contributed by atoms with van der Waals surface area (Å²) in [5.74, 6) is -1.36. The van der Waals surface area contributed by atoms with Gasteiger partial charge in [0, 0.05) is 5.41 Å². The Morgan fingerprint density at radius 3 is 2.18 bits per heavy atom. The van der Waals surface area contributed by atoms with Gasteiger partial charge >= 0.3 is 11.9 Å². The molecule has 0 spiro atoms. The molecule has 17 heavy (non-hydrogen) atoms. The molecule has 1 atom stereocenters. The minimum absolute atomic E-state index is 0.0718. The Bertz CT molecular complexity index is 386. The maximum absolute atomic E-state index is 11.5. The van der Waals surface area contributed by atoms with Gasteiger partial charge in [-0.15, -0.1) is 0 Å². The van der Waals surface area contributed by atoms with Crippen molar-refractivity contribution in [1.82, 2.24) is 0 Å². The van der Waals surface area contributed by atoms with Crippen molar-refractivity contribution < 1.29 is 19.1 Å². The minimum Gasteiger partial charge on any atom is -0.465 e. The van der Waals surface area contributed by atoms with Gasteiger partial charge in [-0.25, -0.2) is 9.59 Å². The molecule has 92 valence electrons. The zero-order chi connectivity index (χ0) is 12.9. The number of allylic oxidation sites excluding steroid dienone is 5. The molecule has 0 amide bonds. The smallest absolute Gasteiger partial charge is 0.344 e. The van der Waals surface area contributed by atoms with Crippen LogP contribution in [0.5, 0.6) is 0 Å². The topological polar surface area (TPSA) is 52.6 Å². The molecule has 0 radical (unpaired) electrons. The first-order valence-electron chi connectivity index (χ1n) is 5.26. The van der Waals surface area contributed by atoms with Gasteiger partial charge < -0.3 is 9.47 Å². The first kappa shape index (κ1) is 13.2. The van der Waals surface area contributed by atoms with Crippen LogP contribution in [0, 0.1) is 5.41 Å². The van der Waals surface area contributed by atoms with Crippen LogP contribution in [0.3, 0.4) is 0 Å². The normalized spacial score (nSPS) is 21.8. The summed E-state index contributed by atoms with van der Waals surface area (Å²) in [4.78, 5) is 23.0. The molecule has 4 nitrogen and oxygen atoms in total. The highest BCUT2D eigenvalue weighted by Gasteiger charge is 2.26. The first-order chi connectivity index (χ1) is 8.02. The zero-order valence-corrected chi connectivity index (χ0v) is 10.2. The Hall–Kier alpha value is -1.84. The second-order valence-electron chi connectivity index (χ2n) is 4.04. The number of esters is 2. The molecule has 0 N–H and O–H groups in total. The summed E-state index contributed by atoms with van der Waals surface area (Å²) in [6.07, 6.45) is 10.0. The summed E-state index contributed by atoms with van der Waals surface area (Å²) in [7, 11) is 2.47. The number of carbonyl (C=O) groups is 2. The molecule has 0 saturated carbocycles. The summed E-state index contributed by atoms with van der Waals surface area (Å²) in [6, 6.07) is 0. The number of ether oxygens (including phenoxy) is 2. The monoisotopic (exact) mass is 236 g/mol. The van der Waals surface area contributed by atoms with Crippen LogP contribution in [0.2, 0.25) is 0 Å². The second-order valence-corrected chi connectivity index (χ2v) is 4.04. The number of methoxy groups -OCH3 is 2. The summed E-state index contributed by atoms with van der Waals surface area (Å²) in [6.45, 7) is 1.93. The van der Waals surface area contributed by atoms with Gasteiger partial charge in [-0.3, -0.25) is 0 Å². The summed E-state index contributed by atoms with van der Waals surface area (Å²) in [5, 5.41) is 0. The molecule has 1 rings (SSSR count). The molecular formula is C13H16O4. The van der Waals surface area contributed by atoms with E-state index in [0.29, 0.717) is 0 Å². The highest BCUT2D eigenvalue weighted by Crippen LogP contribution is 2.30. The van der Waals surface area contributed by atoms with E-state index in [1.807, 2.05) is 31.2 Å². The molecule has 0 aromatic rings. The molecule has 0 heterocycles. The van der Waals surface area contributed by atoms with Crippen LogP contribution in [0.4, 0.5) is 0 Å². The summed E-state index contributed by atoms with van der Waals surface area (Å²) >= 11 is 0. The first-order valence-corrected chi connectivity index (χ1v) is 5.26. The fourth-order valence-electron chi connectivity index (χ4n) is 1.60. The van der Waals surface area contributed by atoms with Crippen LogP contribution in [-0.2, 0) is 19.1 Å². The van der Waals surface area contributed by atoms with E-state index in [1.165, 1.54) is 14.2 Å². The second kappa shape index (κ2) is 5.48. The highest BCUT2D eigenvalue weighted by molar-refractivity contribution is 6.14. The maximum atomic E-state index is 11.5. The lowest BCUT2D eigenvalue weighted by molar-refractivity contribution is -0.144. The Labute approximate surface area is 101 Å². The van der Waals surface area contributed by atoms with Gasteiger partial charge in [0.05, 0.1) is 14.2 Å². The third-order valence-electron chi connectivity index (χ3n) is 2.57. The van der Waals surface area contributed by atoms with Crippen molar-refractivity contribution >= 4 is 11.9 Å². The van der Waals surface area contributed by atoms with Crippen molar-refractivity contribution in [2.75, 3.05) is 14.2 Å². The highest BCUT2D eigenvalue weighted by atomic mass is 16.5. The van der Waals surface area contributed by atoms with Gasteiger partial charge in [-0.05, 0) is 6.42 Å². The molecule has 4 heteroatoms. The lowest BCUT2D eigenvalue weighted by Crippen LogP contribution is -2.20. The van der Waals surface area contributed by atoms with Crippen molar-refractivity contribution in [2.24, 2.45) is 5.41 Å². The van der Waals surface area contributed by atoms with E-state index in [2.05, 4.69) is 9.47 Å². The quantitative estimate of drug-likeness (QED) is 0.324. The predicted octanol–water partition coefficient (Wildman–Crippen LogP) is 1.78. The van der Waals surface area contributed by atoms with Crippen LogP contribution < -0.4 is 0 Å². The van der Waals surface area contributed by atoms with Crippen LogP contribution in [0.25, 0.3) is 0 Å². The van der Waals surface area contributed by atoms with Gasteiger partial charge in [0.1, 0.15) is 5.57 Å². The fraction of sp³-hybridized carbons (Fsp3) is 0.385. The number of rotatable bonds is 3. The molecule has 0 aromatic heterocycles. The summed E-state index contributed by atoms with van der Waals surface area (Å²) < 4.78 is 9.14. The van der Waals surface area contributed by atoms with Gasteiger partial charge in [0.2, 0.25) is 0 Å². The molecular weight excluding hydrogens is 220 g/mol. The molecule has 0 saturated heterocycles. The lowest BCUT2D eigenvalue weighted by Gasteiger charge is -2.23. The third-order valence-corrected chi connectivity index (χ3v) is 2.57. The average molecular weight is 236 g/mol. The van der Waals surface area contributed by atoms with E-state index in [4.69, 9.17) is 0 Å². The molecule has 1 aliphatic carbocycles. The Balaban J connectivity index is 3.05. The van der Waals surface area contributed by atoms with Gasteiger partial charge in [-0.1, -0.05) is 37.3 Å². The number of hydrogen-bond acceptors (Lipinski definition) is 4. The van der Waals surface area contributed by atoms with E-state index in [-0.39, 0.29) is 11.0 Å². The van der Waals surface area contributed by atoms with Crippen molar-refractivity contribution in [1.29, 1.82) is 0 Å². The SMILES string of the molecule is COC(=O)C(=CC1(C)C=CC=CC1)C(=O)OC. The molecule has 0 bridgehead atoms. The van der Waals surface area contributed by atoms with Crippen LogP contribution in [0.15, 0.2) is 36.0 Å². The van der Waals surface area contributed by atoms with Crippen LogP contribution in [-0.4, -0.2) is 26.2 Å². The van der Waals surface area contributed by atoms with E-state index < -0.39 is 11.9 Å². The third kappa shape index (κ3) is 3.31. The Morgan fingerprint density at radius 2 is 1.76 bits per heavy atom. The largest absolute Gasteiger partial charge is 0.465 e. The number of carbonyl (C=O) groups excluding carboxylic acids is 2. The van der Waals surface area contributed by atoms with Crippen molar-refractivity contribution in [3.8, 4) is 0 Å². The fourth-order valence-corrected chi connectivity index (χ4v) is 1.60. The van der Waals surface area contributed by atoms with Crippen molar-refractivity contribution in [3.05, 3.63) is 36.0 Å². The van der Waals surface area contributed by atoms with Crippen molar-refractivity contribution in [2.45, 2.75) is 13.3 Å². The summed E-state index contributed by atoms with van der Waals surface area (Å²) in [5.41, 5.74) is -0.440. The van der Waals surface area contributed by atoms with E-state index in [1.54, 1.807) is 6.08 Å². The van der Waals surface area contributed by atoms with Gasteiger partial charge in [0.25, 0.3) is 0 Å². The molecule has 0 aliphatic heterocycles. The van der Waals surface area contributed by atoms with Gasteiger partial charge in [-0.2, -0.15) is 0 Å². The molecule has 0 aromatic carbocycles. The number of hydrogen-bond donors (Lipinski definition) is 0. The standard InChI is InChI=1S/C13H16O4/c1-13(7-5-4-6-8-13)9-10(11(14)16-2)12(15)17-3/h4-7,9H,8H2,1-3H3. The zero-order valence-electron chi connectivity index (χ0n) is 10.2.